The van der Waals surface area contributed by atoms with Crippen molar-refractivity contribution in [2.45, 2.75) is 30.3 Å². The Morgan fingerprint density at radius 2 is 1.73 bits per heavy atom. The van der Waals surface area contributed by atoms with Crippen molar-refractivity contribution >= 4 is 21.4 Å². The molecule has 0 radical (unpaired) electrons. The van der Waals surface area contributed by atoms with Crippen LogP contribution >= 0.6 is 0 Å². The lowest BCUT2D eigenvalue weighted by Crippen LogP contribution is -2.42. The van der Waals surface area contributed by atoms with E-state index in [0.29, 0.717) is 11.7 Å². The van der Waals surface area contributed by atoms with Gasteiger partial charge in [0.05, 0.1) is 11.1 Å². The van der Waals surface area contributed by atoms with Crippen LogP contribution in [0.3, 0.4) is 0 Å². The number of rotatable bonds is 7. The SMILES string of the molecule is Cn1cc(CNC2CCN(c3ccc(NS(=O)(=O)c4ccccc4)cc3)CC2)cn1. The summed E-state index contributed by atoms with van der Waals surface area (Å²) in [6.45, 7) is 2.79. The topological polar surface area (TPSA) is 79.3 Å². The van der Waals surface area contributed by atoms with Gasteiger partial charge in [-0.05, 0) is 49.2 Å². The van der Waals surface area contributed by atoms with Crippen LogP contribution in [0.5, 0.6) is 0 Å². The normalized spacial score (nSPS) is 15.3. The molecule has 30 heavy (non-hydrogen) atoms. The Morgan fingerprint density at radius 1 is 1.03 bits per heavy atom. The molecule has 2 heterocycles. The maximum atomic E-state index is 12.5. The summed E-state index contributed by atoms with van der Waals surface area (Å²) in [6, 6.07) is 16.5. The molecule has 0 amide bonds. The average molecular weight is 426 g/mol. The maximum absolute atomic E-state index is 12.5. The van der Waals surface area contributed by atoms with E-state index in [0.717, 1.165) is 38.2 Å². The monoisotopic (exact) mass is 425 g/mol. The third kappa shape index (κ3) is 5.01. The van der Waals surface area contributed by atoms with E-state index in [1.54, 1.807) is 30.3 Å². The first kappa shape index (κ1) is 20.4. The first-order valence-corrected chi connectivity index (χ1v) is 11.6. The third-order valence-electron chi connectivity index (χ3n) is 5.39. The van der Waals surface area contributed by atoms with Crippen molar-refractivity contribution in [1.82, 2.24) is 15.1 Å². The van der Waals surface area contributed by atoms with E-state index in [1.807, 2.05) is 48.4 Å². The van der Waals surface area contributed by atoms with Gasteiger partial charge in [-0.25, -0.2) is 8.42 Å². The van der Waals surface area contributed by atoms with Gasteiger partial charge < -0.3 is 10.2 Å². The van der Waals surface area contributed by atoms with Crippen molar-refractivity contribution in [3.63, 3.8) is 0 Å². The minimum atomic E-state index is -3.56. The number of piperidine rings is 1. The lowest BCUT2D eigenvalue weighted by atomic mass is 10.0. The van der Waals surface area contributed by atoms with Crippen molar-refractivity contribution < 1.29 is 8.42 Å². The van der Waals surface area contributed by atoms with Crippen LogP contribution in [0.1, 0.15) is 18.4 Å². The molecule has 3 aromatic rings. The molecule has 0 bridgehead atoms. The molecule has 0 spiro atoms. The van der Waals surface area contributed by atoms with E-state index in [9.17, 15) is 8.42 Å². The molecular weight excluding hydrogens is 398 g/mol. The number of nitrogens with one attached hydrogen (secondary N) is 2. The second kappa shape index (κ2) is 8.89. The Morgan fingerprint density at radius 3 is 2.37 bits per heavy atom. The van der Waals surface area contributed by atoms with Gasteiger partial charge in [0.25, 0.3) is 10.0 Å². The fraction of sp³-hybridized carbons (Fsp3) is 0.318. The van der Waals surface area contributed by atoms with Crippen LogP contribution in [-0.4, -0.2) is 37.3 Å². The number of hydrogen-bond acceptors (Lipinski definition) is 5. The molecule has 158 valence electrons. The summed E-state index contributed by atoms with van der Waals surface area (Å²) in [5.74, 6) is 0. The standard InChI is InChI=1S/C22H27N5O2S/c1-26-17-18(16-24-26)15-23-19-11-13-27(14-12-19)21-9-7-20(8-10-21)25-30(28,29)22-5-3-2-4-6-22/h2-10,16-17,19,23,25H,11-15H2,1H3. The summed E-state index contributed by atoms with van der Waals surface area (Å²) in [5.41, 5.74) is 2.88. The lowest BCUT2D eigenvalue weighted by molar-refractivity contribution is 0.414. The van der Waals surface area contributed by atoms with Crippen LogP contribution in [0.25, 0.3) is 0 Å². The molecule has 2 aromatic carbocycles. The molecule has 0 aliphatic carbocycles. The molecule has 7 nitrogen and oxygen atoms in total. The van der Waals surface area contributed by atoms with Gasteiger partial charge in [0.2, 0.25) is 0 Å². The number of anilines is 2. The largest absolute Gasteiger partial charge is 0.371 e. The average Bonchev–Trinajstić information content (AvgIpc) is 3.19. The number of hydrogen-bond donors (Lipinski definition) is 2. The molecule has 0 saturated carbocycles. The predicted octanol–water partition coefficient (Wildman–Crippen LogP) is 2.98. The Balaban J connectivity index is 1.29. The highest BCUT2D eigenvalue weighted by atomic mass is 32.2. The van der Waals surface area contributed by atoms with Gasteiger partial charge in [-0.15, -0.1) is 0 Å². The summed E-state index contributed by atoms with van der Waals surface area (Å²) in [7, 11) is -1.63. The van der Waals surface area contributed by atoms with Gasteiger partial charge in [0, 0.05) is 55.9 Å². The molecule has 0 unspecified atom stereocenters. The number of nitrogens with zero attached hydrogens (tertiary/aromatic N) is 3. The van der Waals surface area contributed by atoms with E-state index in [-0.39, 0.29) is 4.90 Å². The predicted molar refractivity (Wildman–Crippen MR) is 119 cm³/mol. The molecule has 8 heteroatoms. The Labute approximate surface area is 177 Å². The number of aromatic nitrogens is 2. The quantitative estimate of drug-likeness (QED) is 0.608. The van der Waals surface area contributed by atoms with Gasteiger partial charge >= 0.3 is 0 Å². The smallest absolute Gasteiger partial charge is 0.261 e. The van der Waals surface area contributed by atoms with Gasteiger partial charge in [0.1, 0.15) is 0 Å². The van der Waals surface area contributed by atoms with Gasteiger partial charge in [-0.1, -0.05) is 18.2 Å². The van der Waals surface area contributed by atoms with Crippen molar-refractivity contribution in [3.05, 3.63) is 72.6 Å². The number of sulfonamides is 1. The lowest BCUT2D eigenvalue weighted by Gasteiger charge is -2.34. The van der Waals surface area contributed by atoms with Gasteiger partial charge in [-0.2, -0.15) is 5.10 Å². The summed E-state index contributed by atoms with van der Waals surface area (Å²) >= 11 is 0. The Kier molecular flexibility index (Phi) is 6.06. The maximum Gasteiger partial charge on any atom is 0.261 e. The van der Waals surface area contributed by atoms with Crippen LogP contribution in [-0.2, 0) is 23.6 Å². The first-order chi connectivity index (χ1) is 14.5. The van der Waals surface area contributed by atoms with Crippen LogP contribution in [0.2, 0.25) is 0 Å². The molecule has 4 rings (SSSR count). The van der Waals surface area contributed by atoms with Crippen LogP contribution < -0.4 is 14.9 Å². The second-order valence-electron chi connectivity index (χ2n) is 7.63. The van der Waals surface area contributed by atoms with E-state index in [1.165, 1.54) is 5.56 Å². The summed E-state index contributed by atoms with van der Waals surface area (Å²) < 4.78 is 29.4. The fourth-order valence-electron chi connectivity index (χ4n) is 3.72. The van der Waals surface area contributed by atoms with E-state index >= 15 is 0 Å². The van der Waals surface area contributed by atoms with E-state index < -0.39 is 10.0 Å². The minimum absolute atomic E-state index is 0.259. The second-order valence-corrected chi connectivity index (χ2v) is 9.31. The zero-order valence-electron chi connectivity index (χ0n) is 17.0. The zero-order chi connectivity index (χ0) is 21.0. The van der Waals surface area contributed by atoms with Gasteiger partial charge in [0.15, 0.2) is 0 Å². The van der Waals surface area contributed by atoms with Crippen molar-refractivity contribution in [3.8, 4) is 0 Å². The Hall–Kier alpha value is -2.84. The molecule has 0 atom stereocenters. The first-order valence-electron chi connectivity index (χ1n) is 10.1. The molecule has 1 aliphatic heterocycles. The van der Waals surface area contributed by atoms with Gasteiger partial charge in [-0.3, -0.25) is 9.40 Å². The van der Waals surface area contributed by atoms with Crippen LogP contribution in [0, 0.1) is 0 Å². The van der Waals surface area contributed by atoms with Crippen molar-refractivity contribution in [2.75, 3.05) is 22.7 Å². The number of aryl methyl sites for hydroxylation is 1. The van der Waals surface area contributed by atoms with Crippen LogP contribution in [0.15, 0.2) is 71.9 Å². The molecule has 1 fully saturated rings. The molecule has 1 aromatic heterocycles. The summed E-state index contributed by atoms with van der Waals surface area (Å²) in [5, 5.41) is 7.82. The van der Waals surface area contributed by atoms with Crippen molar-refractivity contribution in [1.29, 1.82) is 0 Å². The Bertz CT molecular complexity index is 1060. The highest BCUT2D eigenvalue weighted by Gasteiger charge is 2.19. The zero-order valence-corrected chi connectivity index (χ0v) is 17.8. The highest BCUT2D eigenvalue weighted by molar-refractivity contribution is 7.92. The fourth-order valence-corrected chi connectivity index (χ4v) is 4.80. The minimum Gasteiger partial charge on any atom is -0.371 e. The summed E-state index contributed by atoms with van der Waals surface area (Å²) in [4.78, 5) is 2.60. The highest BCUT2D eigenvalue weighted by Crippen LogP contribution is 2.23. The molecular formula is C22H27N5O2S. The number of benzene rings is 2. The van der Waals surface area contributed by atoms with Crippen molar-refractivity contribution in [2.24, 2.45) is 7.05 Å². The summed E-state index contributed by atoms with van der Waals surface area (Å²) in [6.07, 6.45) is 6.08. The molecule has 1 aliphatic rings. The van der Waals surface area contributed by atoms with E-state index in [2.05, 4.69) is 20.0 Å². The third-order valence-corrected chi connectivity index (χ3v) is 6.78. The molecule has 2 N–H and O–H groups in total. The van der Waals surface area contributed by atoms with Crippen LogP contribution in [0.4, 0.5) is 11.4 Å². The molecule has 1 saturated heterocycles. The van der Waals surface area contributed by atoms with E-state index in [4.69, 9.17) is 0 Å².